The predicted octanol–water partition coefficient (Wildman–Crippen LogP) is -0.461. The Hall–Kier alpha value is -1.88. The van der Waals surface area contributed by atoms with Gasteiger partial charge in [0.1, 0.15) is 12.6 Å². The molecule has 2 rings (SSSR count). The predicted molar refractivity (Wildman–Crippen MR) is 76.8 cm³/mol. The van der Waals surface area contributed by atoms with Crippen LogP contribution in [0.3, 0.4) is 0 Å². The van der Waals surface area contributed by atoms with Crippen LogP contribution in [-0.4, -0.2) is 50.6 Å². The third kappa shape index (κ3) is 3.61. The van der Waals surface area contributed by atoms with E-state index in [0.29, 0.717) is 18.5 Å². The summed E-state index contributed by atoms with van der Waals surface area (Å²) in [6, 6.07) is 5.26. The number of nitrogens with zero attached hydrogens (tertiary/aromatic N) is 1. The molecule has 1 aromatic rings. The van der Waals surface area contributed by atoms with Gasteiger partial charge in [-0.1, -0.05) is 11.8 Å². The summed E-state index contributed by atoms with van der Waals surface area (Å²) in [5.74, 6) is 4.95. The highest BCUT2D eigenvalue weighted by atomic mass is 32.2. The molecule has 0 saturated carbocycles. The van der Waals surface area contributed by atoms with Crippen molar-refractivity contribution in [1.82, 2.24) is 9.62 Å². The van der Waals surface area contributed by atoms with Gasteiger partial charge in [0.05, 0.1) is 4.90 Å². The van der Waals surface area contributed by atoms with E-state index in [1.807, 2.05) is 0 Å². The number of rotatable bonds is 3. The van der Waals surface area contributed by atoms with Crippen molar-refractivity contribution in [3.63, 3.8) is 0 Å². The number of aliphatic hydroxyl groups excluding tert-OH is 1. The summed E-state index contributed by atoms with van der Waals surface area (Å²) in [7, 11) is -2.09. The molecule has 1 saturated heterocycles. The quantitative estimate of drug-likeness (QED) is 0.740. The fraction of sp³-hybridized carbons (Fsp3) is 0.357. The zero-order valence-corrected chi connectivity index (χ0v) is 12.4. The Morgan fingerprint density at radius 2 is 2.05 bits per heavy atom. The van der Waals surface area contributed by atoms with Crippen molar-refractivity contribution in [3.05, 3.63) is 29.8 Å². The highest BCUT2D eigenvalue weighted by Crippen LogP contribution is 2.15. The lowest BCUT2D eigenvalue weighted by Gasteiger charge is -2.12. The smallest absolute Gasteiger partial charge is 0.241 e. The molecular formula is C14H16N2O4S. The molecular weight excluding hydrogens is 292 g/mol. The third-order valence-electron chi connectivity index (χ3n) is 3.20. The Morgan fingerprint density at radius 3 is 2.57 bits per heavy atom. The van der Waals surface area contributed by atoms with E-state index in [4.69, 9.17) is 5.11 Å². The van der Waals surface area contributed by atoms with Gasteiger partial charge in [-0.05, 0) is 30.7 Å². The minimum atomic E-state index is -3.73. The molecule has 6 nitrogen and oxygen atoms in total. The number of likely N-dealkylation sites (N-methyl/N-ethyl adjacent to an activating group) is 1. The van der Waals surface area contributed by atoms with Crippen LogP contribution in [0.1, 0.15) is 12.0 Å². The van der Waals surface area contributed by atoms with E-state index in [-0.39, 0.29) is 17.4 Å². The lowest BCUT2D eigenvalue weighted by atomic mass is 10.2. The van der Waals surface area contributed by atoms with Crippen LogP contribution in [-0.2, 0) is 14.8 Å². The van der Waals surface area contributed by atoms with Crippen LogP contribution >= 0.6 is 0 Å². The van der Waals surface area contributed by atoms with Crippen LogP contribution in [0.25, 0.3) is 0 Å². The molecule has 0 bridgehead atoms. The molecule has 1 heterocycles. The van der Waals surface area contributed by atoms with E-state index >= 15 is 0 Å². The van der Waals surface area contributed by atoms with Crippen molar-refractivity contribution in [2.24, 2.45) is 0 Å². The van der Waals surface area contributed by atoms with Crippen molar-refractivity contribution in [2.75, 3.05) is 20.2 Å². The van der Waals surface area contributed by atoms with Crippen LogP contribution in [0.4, 0.5) is 0 Å². The third-order valence-corrected chi connectivity index (χ3v) is 4.69. The van der Waals surface area contributed by atoms with Crippen LogP contribution < -0.4 is 4.72 Å². The monoisotopic (exact) mass is 308 g/mol. The highest BCUT2D eigenvalue weighted by molar-refractivity contribution is 7.89. The number of hydrogen-bond donors (Lipinski definition) is 2. The number of amides is 1. The van der Waals surface area contributed by atoms with Gasteiger partial charge in [-0.2, -0.15) is 4.72 Å². The minimum Gasteiger partial charge on any atom is -0.384 e. The second-order valence-electron chi connectivity index (χ2n) is 4.71. The Balaban J connectivity index is 2.14. The van der Waals surface area contributed by atoms with Crippen LogP contribution in [0.5, 0.6) is 0 Å². The van der Waals surface area contributed by atoms with Crippen LogP contribution in [0.2, 0.25) is 0 Å². The summed E-state index contributed by atoms with van der Waals surface area (Å²) >= 11 is 0. The van der Waals surface area contributed by atoms with Gasteiger partial charge in [0.2, 0.25) is 15.9 Å². The molecule has 0 spiro atoms. The fourth-order valence-corrected chi connectivity index (χ4v) is 3.27. The number of aliphatic hydroxyl groups is 1. The van der Waals surface area contributed by atoms with Gasteiger partial charge in [0.15, 0.2) is 0 Å². The van der Waals surface area contributed by atoms with E-state index in [0.717, 1.165) is 0 Å². The SMILES string of the molecule is CN1CCC(NS(=O)(=O)c2ccc(C#CCO)cc2)C1=O. The summed E-state index contributed by atoms with van der Waals surface area (Å²) in [6.07, 6.45) is 0.467. The van der Waals surface area contributed by atoms with Crippen molar-refractivity contribution >= 4 is 15.9 Å². The molecule has 0 radical (unpaired) electrons. The van der Waals surface area contributed by atoms with Gasteiger partial charge in [-0.25, -0.2) is 8.42 Å². The maximum Gasteiger partial charge on any atom is 0.241 e. The first-order valence-electron chi connectivity index (χ1n) is 6.41. The minimum absolute atomic E-state index is 0.0828. The van der Waals surface area contributed by atoms with Gasteiger partial charge in [0, 0.05) is 19.2 Å². The van der Waals surface area contributed by atoms with Gasteiger partial charge in [0.25, 0.3) is 0 Å². The summed E-state index contributed by atoms with van der Waals surface area (Å²) in [5, 5.41) is 8.60. The number of benzene rings is 1. The standard InChI is InChI=1S/C14H16N2O4S/c1-16-9-8-13(14(16)18)15-21(19,20)12-6-4-11(5-7-12)3-2-10-17/h4-7,13,15,17H,8-10H2,1H3. The first-order valence-corrected chi connectivity index (χ1v) is 7.89. The van der Waals surface area contributed by atoms with Crippen molar-refractivity contribution in [3.8, 4) is 11.8 Å². The number of carbonyl (C=O) groups is 1. The van der Waals surface area contributed by atoms with Crippen molar-refractivity contribution < 1.29 is 18.3 Å². The van der Waals surface area contributed by atoms with Gasteiger partial charge >= 0.3 is 0 Å². The molecule has 1 aliphatic rings. The van der Waals surface area contributed by atoms with Crippen molar-refractivity contribution in [1.29, 1.82) is 0 Å². The molecule has 112 valence electrons. The second-order valence-corrected chi connectivity index (χ2v) is 6.42. The number of sulfonamides is 1. The average molecular weight is 308 g/mol. The second kappa shape index (κ2) is 6.26. The molecule has 1 aliphatic heterocycles. The highest BCUT2D eigenvalue weighted by Gasteiger charge is 2.32. The normalized spacial score (nSPS) is 18.5. The van der Waals surface area contributed by atoms with E-state index in [1.165, 1.54) is 17.0 Å². The lowest BCUT2D eigenvalue weighted by Crippen LogP contribution is -2.40. The summed E-state index contributed by atoms with van der Waals surface area (Å²) in [6.45, 7) is 0.292. The van der Waals surface area contributed by atoms with Crippen LogP contribution in [0, 0.1) is 11.8 Å². The van der Waals surface area contributed by atoms with E-state index in [1.54, 1.807) is 19.2 Å². The fourth-order valence-electron chi connectivity index (χ4n) is 2.05. The van der Waals surface area contributed by atoms with Gasteiger partial charge in [-0.15, -0.1) is 0 Å². The Morgan fingerprint density at radius 1 is 1.38 bits per heavy atom. The maximum absolute atomic E-state index is 12.2. The first kappa shape index (κ1) is 15.5. The maximum atomic E-state index is 12.2. The number of likely N-dealkylation sites (tertiary alicyclic amines) is 1. The van der Waals surface area contributed by atoms with E-state index in [9.17, 15) is 13.2 Å². The molecule has 1 atom stereocenters. The largest absolute Gasteiger partial charge is 0.384 e. The zero-order chi connectivity index (χ0) is 15.5. The number of carbonyl (C=O) groups excluding carboxylic acids is 1. The molecule has 0 aromatic heterocycles. The molecule has 21 heavy (non-hydrogen) atoms. The molecule has 0 aliphatic carbocycles. The molecule has 1 unspecified atom stereocenters. The van der Waals surface area contributed by atoms with E-state index < -0.39 is 16.1 Å². The first-order chi connectivity index (χ1) is 9.94. The van der Waals surface area contributed by atoms with Gasteiger partial charge < -0.3 is 10.0 Å². The summed E-state index contributed by atoms with van der Waals surface area (Å²) in [4.78, 5) is 13.3. The Kier molecular flexibility index (Phi) is 4.63. The molecule has 1 aromatic carbocycles. The van der Waals surface area contributed by atoms with Gasteiger partial charge in [-0.3, -0.25) is 4.79 Å². The lowest BCUT2D eigenvalue weighted by molar-refractivity contribution is -0.127. The average Bonchev–Trinajstić information content (AvgIpc) is 2.77. The van der Waals surface area contributed by atoms with E-state index in [2.05, 4.69) is 16.6 Å². The molecule has 1 amide bonds. The molecule has 1 fully saturated rings. The Bertz CT molecular complexity index is 686. The molecule has 7 heteroatoms. The zero-order valence-electron chi connectivity index (χ0n) is 11.5. The summed E-state index contributed by atoms with van der Waals surface area (Å²) < 4.78 is 26.8. The number of nitrogens with one attached hydrogen (secondary N) is 1. The molecule has 2 N–H and O–H groups in total. The number of hydrogen-bond acceptors (Lipinski definition) is 4. The van der Waals surface area contributed by atoms with Crippen molar-refractivity contribution in [2.45, 2.75) is 17.4 Å². The topological polar surface area (TPSA) is 86.7 Å². The summed E-state index contributed by atoms with van der Waals surface area (Å²) in [5.41, 5.74) is 0.611. The Labute approximate surface area is 123 Å². The van der Waals surface area contributed by atoms with Crippen LogP contribution in [0.15, 0.2) is 29.2 Å².